The molecule has 7 nitrogen and oxygen atoms in total. The number of thiazole rings is 1. The molecule has 0 aliphatic carbocycles. The Morgan fingerprint density at radius 1 is 1.13 bits per heavy atom. The molecule has 1 amide bonds. The fourth-order valence-electron chi connectivity index (χ4n) is 3.04. The van der Waals surface area contributed by atoms with Crippen molar-refractivity contribution in [3.05, 3.63) is 71.5 Å². The number of hydrogen-bond donors (Lipinski definition) is 1. The van der Waals surface area contributed by atoms with E-state index in [1.54, 1.807) is 7.11 Å². The van der Waals surface area contributed by atoms with Gasteiger partial charge in [0.15, 0.2) is 11.0 Å². The Morgan fingerprint density at radius 2 is 1.90 bits per heavy atom. The topological polar surface area (TPSA) is 81.9 Å². The second-order valence-corrected chi connectivity index (χ2v) is 8.23. The van der Waals surface area contributed by atoms with E-state index in [1.165, 1.54) is 23.1 Å². The molecule has 0 unspecified atom stereocenters. The molecule has 4 rings (SSSR count). The molecule has 2 aromatic carbocycles. The van der Waals surface area contributed by atoms with E-state index in [-0.39, 0.29) is 18.9 Å². The fourth-order valence-corrected chi connectivity index (χ4v) is 4.39. The minimum Gasteiger partial charge on any atom is -0.497 e. The van der Waals surface area contributed by atoms with Crippen molar-refractivity contribution in [1.82, 2.24) is 25.1 Å². The molecule has 0 atom stereocenters. The average molecular weight is 452 g/mol. The highest BCUT2D eigenvalue weighted by molar-refractivity contribution is 7.98. The maximum absolute atomic E-state index is 12.5. The normalized spacial score (nSPS) is 10.8. The standard InChI is InChI=1S/C22H21N5O2S2/c1-29-18-10-8-17(9-11-18)27-19(25-26-22(27)30-2)13-23-20(28)12-16-14-31-21(24-16)15-6-4-3-5-7-15/h3-11,14H,12-13H2,1-2H3,(H,23,28). The van der Waals surface area contributed by atoms with Crippen molar-refractivity contribution in [3.63, 3.8) is 0 Å². The van der Waals surface area contributed by atoms with Gasteiger partial charge >= 0.3 is 0 Å². The van der Waals surface area contributed by atoms with E-state index in [0.717, 1.165) is 32.9 Å². The van der Waals surface area contributed by atoms with Crippen LogP contribution in [-0.4, -0.2) is 39.0 Å². The lowest BCUT2D eigenvalue weighted by Gasteiger charge is -2.10. The summed E-state index contributed by atoms with van der Waals surface area (Å²) >= 11 is 3.03. The van der Waals surface area contributed by atoms with Crippen molar-refractivity contribution < 1.29 is 9.53 Å². The van der Waals surface area contributed by atoms with E-state index in [4.69, 9.17) is 4.74 Å². The zero-order valence-corrected chi connectivity index (χ0v) is 18.7. The van der Waals surface area contributed by atoms with Gasteiger partial charge in [-0.15, -0.1) is 21.5 Å². The van der Waals surface area contributed by atoms with Gasteiger partial charge in [0, 0.05) is 16.6 Å². The predicted octanol–water partition coefficient (Wildman–Crippen LogP) is 3.98. The van der Waals surface area contributed by atoms with Crippen LogP contribution in [0.25, 0.3) is 16.3 Å². The molecule has 31 heavy (non-hydrogen) atoms. The molecule has 158 valence electrons. The van der Waals surface area contributed by atoms with Gasteiger partial charge in [0.05, 0.1) is 25.8 Å². The highest BCUT2D eigenvalue weighted by Crippen LogP contribution is 2.24. The first-order valence-electron chi connectivity index (χ1n) is 9.57. The van der Waals surface area contributed by atoms with Crippen LogP contribution in [0.4, 0.5) is 0 Å². The van der Waals surface area contributed by atoms with Gasteiger partial charge in [0.1, 0.15) is 10.8 Å². The van der Waals surface area contributed by atoms with Gasteiger partial charge in [0.2, 0.25) is 5.91 Å². The van der Waals surface area contributed by atoms with Crippen molar-refractivity contribution in [2.75, 3.05) is 13.4 Å². The van der Waals surface area contributed by atoms with Crippen molar-refractivity contribution in [2.24, 2.45) is 0 Å². The second kappa shape index (κ2) is 9.76. The molecule has 2 aromatic heterocycles. The molecule has 0 saturated heterocycles. The van der Waals surface area contributed by atoms with Crippen LogP contribution in [0.15, 0.2) is 65.1 Å². The number of carbonyl (C=O) groups excluding carboxylic acids is 1. The van der Waals surface area contributed by atoms with Gasteiger partial charge in [-0.2, -0.15) is 0 Å². The first-order chi connectivity index (χ1) is 15.2. The van der Waals surface area contributed by atoms with E-state index in [9.17, 15) is 4.79 Å². The molecule has 4 aromatic rings. The van der Waals surface area contributed by atoms with Gasteiger partial charge in [-0.1, -0.05) is 42.1 Å². The molecule has 0 saturated carbocycles. The monoisotopic (exact) mass is 451 g/mol. The summed E-state index contributed by atoms with van der Waals surface area (Å²) in [5.41, 5.74) is 2.71. The van der Waals surface area contributed by atoms with Gasteiger partial charge in [-0.25, -0.2) is 4.98 Å². The van der Waals surface area contributed by atoms with Crippen LogP contribution < -0.4 is 10.1 Å². The smallest absolute Gasteiger partial charge is 0.226 e. The van der Waals surface area contributed by atoms with Gasteiger partial charge in [-0.05, 0) is 30.5 Å². The number of methoxy groups -OCH3 is 1. The lowest BCUT2D eigenvalue weighted by molar-refractivity contribution is -0.120. The first-order valence-corrected chi connectivity index (χ1v) is 11.7. The zero-order chi connectivity index (χ0) is 21.6. The van der Waals surface area contributed by atoms with Gasteiger partial charge < -0.3 is 10.1 Å². The minimum absolute atomic E-state index is 0.111. The summed E-state index contributed by atoms with van der Waals surface area (Å²) in [4.78, 5) is 17.1. The van der Waals surface area contributed by atoms with Crippen LogP contribution in [0.2, 0.25) is 0 Å². The molecule has 9 heteroatoms. The Hall–Kier alpha value is -3.17. The molecule has 1 N–H and O–H groups in total. The molecular weight excluding hydrogens is 430 g/mol. The molecule has 2 heterocycles. The molecule has 0 bridgehead atoms. The first kappa shape index (κ1) is 21.1. The Morgan fingerprint density at radius 3 is 2.61 bits per heavy atom. The maximum atomic E-state index is 12.5. The predicted molar refractivity (Wildman–Crippen MR) is 123 cm³/mol. The highest BCUT2D eigenvalue weighted by Gasteiger charge is 2.15. The summed E-state index contributed by atoms with van der Waals surface area (Å²) in [5, 5.41) is 15.0. The van der Waals surface area contributed by atoms with Crippen molar-refractivity contribution >= 4 is 29.0 Å². The number of nitrogens with one attached hydrogen (secondary N) is 1. The number of carbonyl (C=O) groups is 1. The second-order valence-electron chi connectivity index (χ2n) is 6.60. The number of thioether (sulfide) groups is 1. The molecule has 0 aliphatic rings. The summed E-state index contributed by atoms with van der Waals surface area (Å²) in [6.45, 7) is 0.272. The number of ether oxygens (including phenoxy) is 1. The van der Waals surface area contributed by atoms with Gasteiger partial charge in [0.25, 0.3) is 0 Å². The summed E-state index contributed by atoms with van der Waals surface area (Å²) in [7, 11) is 1.63. The van der Waals surface area contributed by atoms with Crippen LogP contribution in [0.3, 0.4) is 0 Å². The van der Waals surface area contributed by atoms with E-state index < -0.39 is 0 Å². The molecule has 0 fully saturated rings. The van der Waals surface area contributed by atoms with E-state index in [0.29, 0.717) is 5.82 Å². The third-order valence-electron chi connectivity index (χ3n) is 4.57. The van der Waals surface area contributed by atoms with Crippen LogP contribution in [0.1, 0.15) is 11.5 Å². The highest BCUT2D eigenvalue weighted by atomic mass is 32.2. The SMILES string of the molecule is COc1ccc(-n2c(CNC(=O)Cc3csc(-c4ccccc4)n3)nnc2SC)cc1. The quantitative estimate of drug-likeness (QED) is 0.408. The number of aromatic nitrogens is 4. The third kappa shape index (κ3) is 4.95. The number of benzene rings is 2. The van der Waals surface area contributed by atoms with Crippen LogP contribution >= 0.6 is 23.1 Å². The minimum atomic E-state index is -0.111. The number of amides is 1. The maximum Gasteiger partial charge on any atom is 0.226 e. The Labute approximate surface area is 188 Å². The summed E-state index contributed by atoms with van der Waals surface area (Å²) in [6.07, 6.45) is 2.16. The van der Waals surface area contributed by atoms with Crippen LogP contribution in [0, 0.1) is 0 Å². The number of rotatable bonds is 8. The Bertz CT molecular complexity index is 1160. The van der Waals surface area contributed by atoms with E-state index in [1.807, 2.05) is 70.8 Å². The van der Waals surface area contributed by atoms with Gasteiger partial charge in [-0.3, -0.25) is 9.36 Å². The Kier molecular flexibility index (Phi) is 6.63. The lowest BCUT2D eigenvalue weighted by Crippen LogP contribution is -2.26. The number of nitrogens with zero attached hydrogens (tertiary/aromatic N) is 4. The fraction of sp³-hybridized carbons (Fsp3) is 0.182. The van der Waals surface area contributed by atoms with Crippen LogP contribution in [0.5, 0.6) is 5.75 Å². The van der Waals surface area contributed by atoms with Crippen LogP contribution in [-0.2, 0) is 17.8 Å². The summed E-state index contributed by atoms with van der Waals surface area (Å²) in [6, 6.07) is 17.6. The summed E-state index contributed by atoms with van der Waals surface area (Å²) in [5.74, 6) is 1.32. The Balaban J connectivity index is 1.43. The van der Waals surface area contributed by atoms with E-state index >= 15 is 0 Å². The largest absolute Gasteiger partial charge is 0.497 e. The van der Waals surface area contributed by atoms with Crippen molar-refractivity contribution in [3.8, 4) is 22.0 Å². The molecule has 0 aliphatic heterocycles. The summed E-state index contributed by atoms with van der Waals surface area (Å²) < 4.78 is 7.16. The van der Waals surface area contributed by atoms with Crippen molar-refractivity contribution in [2.45, 2.75) is 18.1 Å². The zero-order valence-electron chi connectivity index (χ0n) is 17.1. The average Bonchev–Trinajstić information content (AvgIpc) is 3.45. The lowest BCUT2D eigenvalue weighted by atomic mass is 10.2. The number of hydrogen-bond acceptors (Lipinski definition) is 7. The van der Waals surface area contributed by atoms with Crippen molar-refractivity contribution in [1.29, 1.82) is 0 Å². The molecular formula is C22H21N5O2S2. The third-order valence-corrected chi connectivity index (χ3v) is 6.14. The molecule has 0 spiro atoms. The molecule has 0 radical (unpaired) electrons. The van der Waals surface area contributed by atoms with E-state index in [2.05, 4.69) is 20.5 Å².